The lowest BCUT2D eigenvalue weighted by molar-refractivity contribution is -0.337. The molecule has 3 fully saturated rings. The number of aliphatic hydroxyl groups is 9. The minimum atomic E-state index is -1.92. The summed E-state index contributed by atoms with van der Waals surface area (Å²) < 4.78 is 39.5. The predicted molar refractivity (Wildman–Crippen MR) is 171 cm³/mol. The van der Waals surface area contributed by atoms with Gasteiger partial charge >= 0.3 is 11.3 Å². The molecule has 20 nitrogen and oxygen atoms in total. The molecule has 15 atom stereocenters. The molecule has 300 valence electrons. The van der Waals surface area contributed by atoms with E-state index in [0.717, 1.165) is 18.2 Å². The first-order valence-corrected chi connectivity index (χ1v) is 16.4. The first-order chi connectivity index (χ1) is 25.0. The van der Waals surface area contributed by atoms with Crippen LogP contribution in [0.1, 0.15) is 6.92 Å². The molecular weight excluding hydrogens is 752 g/mol. The third-order valence-corrected chi connectivity index (χ3v) is 9.29. The van der Waals surface area contributed by atoms with E-state index in [1.807, 2.05) is 0 Å². The van der Waals surface area contributed by atoms with Crippen molar-refractivity contribution in [3.8, 4) is 40.1 Å². The number of phenols is 4. The molecule has 2 aromatic carbocycles. The van der Waals surface area contributed by atoms with Gasteiger partial charge in [0.15, 0.2) is 24.1 Å². The van der Waals surface area contributed by atoms with Crippen LogP contribution in [0, 0.1) is 0 Å². The summed E-state index contributed by atoms with van der Waals surface area (Å²) in [6.45, 7) is 0.169. The molecule has 3 aliphatic heterocycles. The highest BCUT2D eigenvalue weighted by Gasteiger charge is 2.49. The largest absolute Gasteiger partial charge is 1.00 e. The summed E-state index contributed by atoms with van der Waals surface area (Å²) in [4.78, 5) is 0. The fourth-order valence-electron chi connectivity index (χ4n) is 6.14. The van der Waals surface area contributed by atoms with E-state index in [2.05, 4.69) is 0 Å². The predicted octanol–water partition coefficient (Wildman–Crippen LogP) is -5.94. The maximum atomic E-state index is 10.8. The Bertz CT molecular complexity index is 1750. The van der Waals surface area contributed by atoms with Crippen molar-refractivity contribution in [3.05, 3.63) is 36.4 Å². The minimum Gasteiger partial charge on any atom is -1.00 e. The Morgan fingerprint density at radius 2 is 1.11 bits per heavy atom. The van der Waals surface area contributed by atoms with E-state index < -0.39 is 123 Å². The monoisotopic (exact) mass is 792 g/mol. The van der Waals surface area contributed by atoms with Crippen LogP contribution in [0.25, 0.3) is 22.3 Å². The van der Waals surface area contributed by atoms with Crippen LogP contribution in [0.5, 0.6) is 28.7 Å². The first-order valence-electron chi connectivity index (χ1n) is 16.4. The Balaban J connectivity index is 0.00000561. The highest BCUT2D eigenvalue weighted by Crippen LogP contribution is 2.42. The van der Waals surface area contributed by atoms with E-state index in [1.54, 1.807) is 0 Å². The van der Waals surface area contributed by atoms with Crippen molar-refractivity contribution in [1.82, 2.24) is 0 Å². The normalized spacial score (nSPS) is 37.1. The maximum Gasteiger partial charge on any atom is 0.402 e. The molecule has 0 spiro atoms. The zero-order valence-corrected chi connectivity index (χ0v) is 28.8. The standard InChI is InChI=1S/C33H40O20.ClH/c1-10-21(38)24(41)27(44)31(49-10)47-8-19-22(39)25(42)28(45)32(52-19)48-9-20-23(40)26(43)29(46)33(53-20)51-18-7-13-15(36)5-12(34)6-17(13)50-30(18)11-2-3-14(35)16(37)4-11;/h2-7,10,19-29,31-33,38-46H,8-9H2,1H3,(H3-,34,35,36,37);1H/t10-,19+,20+,21-,22+,23+,24+,25-,26-,27+,28+,29+,31+,32?,33?;/m0./s1. The maximum absolute atomic E-state index is 10.8. The van der Waals surface area contributed by atoms with E-state index in [4.69, 9.17) is 32.8 Å². The van der Waals surface area contributed by atoms with E-state index >= 15 is 0 Å². The number of rotatable bonds is 9. The Morgan fingerprint density at radius 3 is 1.70 bits per heavy atom. The molecule has 0 bridgehead atoms. The smallest absolute Gasteiger partial charge is 0.402 e. The minimum absolute atomic E-state index is 0. The topological polar surface area (TPSA) is 330 Å². The number of phenolic OH excluding ortho intramolecular Hbond substituents is 4. The van der Waals surface area contributed by atoms with Gasteiger partial charge in [0.05, 0.1) is 30.9 Å². The number of hydrogen-bond donors (Lipinski definition) is 13. The Labute approximate surface area is 311 Å². The van der Waals surface area contributed by atoms with Crippen molar-refractivity contribution in [3.63, 3.8) is 0 Å². The summed E-state index contributed by atoms with van der Waals surface area (Å²) in [5, 5.41) is 135. The second-order valence-electron chi connectivity index (χ2n) is 13.0. The van der Waals surface area contributed by atoms with Crippen molar-refractivity contribution >= 4 is 11.0 Å². The van der Waals surface area contributed by atoms with Crippen LogP contribution in [-0.4, -0.2) is 172 Å². The summed E-state index contributed by atoms with van der Waals surface area (Å²) in [6.07, 6.45) is -24.7. The lowest BCUT2D eigenvalue weighted by Gasteiger charge is -2.43. The van der Waals surface area contributed by atoms with Crippen molar-refractivity contribution in [2.24, 2.45) is 0 Å². The van der Waals surface area contributed by atoms with Crippen molar-refractivity contribution in [2.45, 2.75) is 99.0 Å². The molecule has 4 heterocycles. The van der Waals surface area contributed by atoms with Crippen LogP contribution >= 0.6 is 0 Å². The summed E-state index contributed by atoms with van der Waals surface area (Å²) in [5.74, 6) is -2.19. The fraction of sp³-hybridized carbons (Fsp3) is 0.545. The van der Waals surface area contributed by atoms with E-state index in [9.17, 15) is 66.4 Å². The number of aromatic hydroxyl groups is 4. The summed E-state index contributed by atoms with van der Waals surface area (Å²) in [6, 6.07) is 7.03. The van der Waals surface area contributed by atoms with E-state index in [1.165, 1.54) is 25.1 Å². The van der Waals surface area contributed by atoms with E-state index in [-0.39, 0.29) is 46.2 Å². The van der Waals surface area contributed by atoms with Crippen molar-refractivity contribution < 1.29 is 112 Å². The van der Waals surface area contributed by atoms with Crippen LogP contribution in [0.2, 0.25) is 0 Å². The second kappa shape index (κ2) is 16.8. The van der Waals surface area contributed by atoms with Gasteiger partial charge in [0.2, 0.25) is 12.0 Å². The molecule has 0 amide bonds. The van der Waals surface area contributed by atoms with Gasteiger partial charge in [0.25, 0.3) is 0 Å². The summed E-state index contributed by atoms with van der Waals surface area (Å²) in [7, 11) is 0. The Morgan fingerprint density at radius 1 is 0.574 bits per heavy atom. The Hall–Kier alpha value is -3.42. The molecule has 0 radical (unpaired) electrons. The molecule has 3 aliphatic rings. The molecule has 3 saturated heterocycles. The highest BCUT2D eigenvalue weighted by molar-refractivity contribution is 5.88. The van der Waals surface area contributed by atoms with Crippen LogP contribution < -0.4 is 17.1 Å². The van der Waals surface area contributed by atoms with E-state index in [0.29, 0.717) is 0 Å². The number of aliphatic hydroxyl groups excluding tert-OH is 9. The molecule has 0 aliphatic carbocycles. The van der Waals surface area contributed by atoms with Gasteiger partial charge in [-0.15, -0.1) is 0 Å². The number of fused-ring (bicyclic) bond motifs is 1. The van der Waals surface area contributed by atoms with Crippen LogP contribution in [0.15, 0.2) is 40.8 Å². The first kappa shape index (κ1) is 41.7. The zero-order chi connectivity index (χ0) is 38.5. The quantitative estimate of drug-likeness (QED) is 0.0708. The van der Waals surface area contributed by atoms with Crippen molar-refractivity contribution in [1.29, 1.82) is 0 Å². The fourth-order valence-corrected chi connectivity index (χ4v) is 6.14. The van der Waals surface area contributed by atoms with Gasteiger partial charge in [-0.3, -0.25) is 0 Å². The molecule has 13 N–H and O–H groups in total. The van der Waals surface area contributed by atoms with Crippen LogP contribution in [0.4, 0.5) is 0 Å². The van der Waals surface area contributed by atoms with Crippen molar-refractivity contribution in [2.75, 3.05) is 13.2 Å². The molecule has 6 rings (SSSR count). The summed E-state index contributed by atoms with van der Waals surface area (Å²) in [5.41, 5.74) is 0.0704. The average Bonchev–Trinajstić information content (AvgIpc) is 3.12. The molecule has 0 saturated carbocycles. The van der Waals surface area contributed by atoms with Gasteiger partial charge in [-0.05, 0) is 19.1 Å². The van der Waals surface area contributed by atoms with Gasteiger partial charge in [0.1, 0.15) is 84.0 Å². The number of halogens is 1. The number of ether oxygens (including phenoxy) is 6. The molecule has 54 heavy (non-hydrogen) atoms. The highest BCUT2D eigenvalue weighted by atomic mass is 35.5. The number of hydrogen-bond acceptors (Lipinski definition) is 19. The van der Waals surface area contributed by atoms with Crippen LogP contribution in [0.3, 0.4) is 0 Å². The van der Waals surface area contributed by atoms with Gasteiger partial charge < -0.3 is 107 Å². The molecular formula is C33H41ClO20. The third kappa shape index (κ3) is 8.23. The second-order valence-corrected chi connectivity index (χ2v) is 13.0. The molecule has 2 unspecified atom stereocenters. The molecule has 3 aromatic rings. The Kier molecular flexibility index (Phi) is 12.9. The van der Waals surface area contributed by atoms with Gasteiger partial charge in [-0.25, -0.2) is 4.42 Å². The number of benzene rings is 2. The van der Waals surface area contributed by atoms with Gasteiger partial charge in [-0.1, -0.05) is 0 Å². The summed E-state index contributed by atoms with van der Waals surface area (Å²) >= 11 is 0. The zero-order valence-electron chi connectivity index (χ0n) is 28.1. The van der Waals surface area contributed by atoms with Gasteiger partial charge in [0, 0.05) is 18.2 Å². The average molecular weight is 793 g/mol. The molecule has 21 heteroatoms. The lowest BCUT2D eigenvalue weighted by atomic mass is 9.98. The van der Waals surface area contributed by atoms with Gasteiger partial charge in [-0.2, -0.15) is 0 Å². The SMILES string of the molecule is C[C@@H]1O[C@@H](OC[C@H]2OC(OC[C@H]3OC(Oc4cc5c(O)cc(O)cc5[o+]c4-c4ccc(O)c(O)c4)[C@H](O)[C@@H](O)[C@@H]3O)[C@H](O)[C@@H](O)[C@@H]2O)[C@H](O)[C@H](O)[C@H]1O.[Cl-]. The molecule has 1 aromatic heterocycles. The third-order valence-electron chi connectivity index (χ3n) is 9.29. The lowest BCUT2D eigenvalue weighted by Crippen LogP contribution is -3.00. The van der Waals surface area contributed by atoms with Crippen LogP contribution in [-0.2, 0) is 23.7 Å².